The number of rotatable bonds is 9. The third-order valence-electron chi connectivity index (χ3n) is 6.42. The summed E-state index contributed by atoms with van der Waals surface area (Å²) in [6.07, 6.45) is -1.29. The SMILES string of the molecule is COc1ccc2c(c1)N(C(=O)N(CCOC(=O)Nc1ccccc1)CCOC(=O)Nc1ccccc1)c1ccccc1S2. The predicted molar refractivity (Wildman–Crippen MR) is 165 cm³/mol. The zero-order valence-electron chi connectivity index (χ0n) is 23.4. The second kappa shape index (κ2) is 14.1. The van der Waals surface area contributed by atoms with Crippen molar-refractivity contribution in [1.29, 1.82) is 0 Å². The number of ether oxygens (including phenoxy) is 3. The first-order valence-corrected chi connectivity index (χ1v) is 14.3. The Labute approximate surface area is 253 Å². The first-order valence-electron chi connectivity index (χ1n) is 13.5. The molecule has 0 saturated carbocycles. The molecule has 0 fully saturated rings. The third-order valence-corrected chi connectivity index (χ3v) is 7.55. The van der Waals surface area contributed by atoms with Crippen molar-refractivity contribution in [2.24, 2.45) is 0 Å². The average Bonchev–Trinajstić information content (AvgIpc) is 3.03. The molecule has 4 amide bonds. The molecule has 0 unspecified atom stereocenters. The van der Waals surface area contributed by atoms with Crippen LogP contribution in [0.25, 0.3) is 0 Å². The fourth-order valence-electron chi connectivity index (χ4n) is 4.36. The van der Waals surface area contributed by atoms with E-state index in [1.165, 1.54) is 4.90 Å². The molecule has 4 aromatic carbocycles. The van der Waals surface area contributed by atoms with Gasteiger partial charge in [-0.3, -0.25) is 15.5 Å². The number of hydrogen-bond acceptors (Lipinski definition) is 7. The number of anilines is 4. The van der Waals surface area contributed by atoms with Crippen LogP contribution in [0.5, 0.6) is 5.75 Å². The van der Waals surface area contributed by atoms with E-state index in [1.807, 2.05) is 54.6 Å². The van der Waals surface area contributed by atoms with Crippen molar-refractivity contribution >= 4 is 52.7 Å². The number of carbonyl (C=O) groups excluding carboxylic acids is 3. The molecule has 0 aromatic heterocycles. The molecule has 4 aromatic rings. The number of nitrogens with zero attached hydrogens (tertiary/aromatic N) is 2. The van der Waals surface area contributed by atoms with Crippen LogP contribution in [-0.2, 0) is 9.47 Å². The van der Waals surface area contributed by atoms with E-state index >= 15 is 0 Å². The molecule has 43 heavy (non-hydrogen) atoms. The Morgan fingerprint density at radius 3 is 1.81 bits per heavy atom. The van der Waals surface area contributed by atoms with Gasteiger partial charge in [0.1, 0.15) is 19.0 Å². The van der Waals surface area contributed by atoms with Crippen LogP contribution < -0.4 is 20.3 Å². The fraction of sp³-hybridized carbons (Fsp3) is 0.156. The molecule has 0 atom stereocenters. The molecule has 0 aliphatic carbocycles. The van der Waals surface area contributed by atoms with Crippen LogP contribution in [0.3, 0.4) is 0 Å². The Kier molecular flexibility index (Phi) is 9.65. The van der Waals surface area contributed by atoms with Crippen LogP contribution in [-0.4, -0.2) is 56.5 Å². The van der Waals surface area contributed by atoms with Gasteiger partial charge in [-0.2, -0.15) is 0 Å². The first kappa shape index (κ1) is 29.3. The van der Waals surface area contributed by atoms with Crippen molar-refractivity contribution in [3.8, 4) is 5.75 Å². The number of benzene rings is 4. The molecule has 0 spiro atoms. The van der Waals surface area contributed by atoms with Gasteiger partial charge in [0.15, 0.2) is 0 Å². The van der Waals surface area contributed by atoms with E-state index in [1.54, 1.807) is 72.3 Å². The van der Waals surface area contributed by atoms with Crippen molar-refractivity contribution in [2.45, 2.75) is 9.79 Å². The Balaban J connectivity index is 1.32. The summed E-state index contributed by atoms with van der Waals surface area (Å²) in [6.45, 7) is -0.0721. The van der Waals surface area contributed by atoms with E-state index < -0.39 is 12.2 Å². The molecular formula is C32H30N4O6S. The van der Waals surface area contributed by atoms with E-state index in [-0.39, 0.29) is 32.3 Å². The molecule has 10 nitrogen and oxygen atoms in total. The predicted octanol–water partition coefficient (Wildman–Crippen LogP) is 7.22. The minimum Gasteiger partial charge on any atom is -0.497 e. The molecule has 0 bridgehead atoms. The second-order valence-electron chi connectivity index (χ2n) is 9.26. The summed E-state index contributed by atoms with van der Waals surface area (Å²) in [5.41, 5.74) is 2.54. The van der Waals surface area contributed by atoms with Gasteiger partial charge < -0.3 is 19.1 Å². The molecule has 1 heterocycles. The lowest BCUT2D eigenvalue weighted by Crippen LogP contribution is -2.45. The van der Waals surface area contributed by atoms with Gasteiger partial charge in [-0.05, 0) is 48.5 Å². The topological polar surface area (TPSA) is 109 Å². The molecule has 0 radical (unpaired) electrons. The Morgan fingerprint density at radius 2 is 1.23 bits per heavy atom. The molecule has 0 saturated heterocycles. The van der Waals surface area contributed by atoms with Crippen molar-refractivity contribution in [1.82, 2.24) is 4.90 Å². The van der Waals surface area contributed by atoms with E-state index in [0.29, 0.717) is 28.5 Å². The summed E-state index contributed by atoms with van der Waals surface area (Å²) in [6, 6.07) is 30.6. The highest BCUT2D eigenvalue weighted by molar-refractivity contribution is 7.99. The van der Waals surface area contributed by atoms with E-state index in [9.17, 15) is 14.4 Å². The lowest BCUT2D eigenvalue weighted by Gasteiger charge is -2.35. The smallest absolute Gasteiger partial charge is 0.411 e. The number of amides is 4. The molecular weight excluding hydrogens is 568 g/mol. The van der Waals surface area contributed by atoms with Gasteiger partial charge in [0.05, 0.1) is 31.6 Å². The largest absolute Gasteiger partial charge is 0.497 e. The Bertz CT molecular complexity index is 1510. The maximum Gasteiger partial charge on any atom is 0.411 e. The van der Waals surface area contributed by atoms with Gasteiger partial charge in [0.25, 0.3) is 0 Å². The summed E-state index contributed by atoms with van der Waals surface area (Å²) < 4.78 is 16.2. The van der Waals surface area contributed by atoms with Crippen LogP contribution in [0.2, 0.25) is 0 Å². The first-order chi connectivity index (χ1) is 21.0. The average molecular weight is 599 g/mol. The number of methoxy groups -OCH3 is 1. The van der Waals surface area contributed by atoms with E-state index in [4.69, 9.17) is 14.2 Å². The number of urea groups is 1. The molecule has 220 valence electrons. The normalized spacial score (nSPS) is 11.4. The molecule has 2 N–H and O–H groups in total. The molecule has 1 aliphatic heterocycles. The quantitative estimate of drug-likeness (QED) is 0.209. The van der Waals surface area contributed by atoms with Crippen LogP contribution in [0, 0.1) is 0 Å². The number of fused-ring (bicyclic) bond motifs is 2. The van der Waals surface area contributed by atoms with Crippen LogP contribution >= 0.6 is 11.8 Å². The van der Waals surface area contributed by atoms with Crippen molar-refractivity contribution in [3.05, 3.63) is 103 Å². The van der Waals surface area contributed by atoms with Crippen LogP contribution in [0.4, 0.5) is 37.1 Å². The molecule has 5 rings (SSSR count). The monoisotopic (exact) mass is 598 g/mol. The van der Waals surface area contributed by atoms with Gasteiger partial charge in [-0.15, -0.1) is 0 Å². The number of para-hydroxylation sites is 3. The summed E-state index contributed by atoms with van der Waals surface area (Å²) in [5.74, 6) is 0.602. The van der Waals surface area contributed by atoms with Gasteiger partial charge >= 0.3 is 18.2 Å². The zero-order valence-corrected chi connectivity index (χ0v) is 24.2. The summed E-state index contributed by atoms with van der Waals surface area (Å²) >= 11 is 1.56. The Morgan fingerprint density at radius 1 is 0.698 bits per heavy atom. The van der Waals surface area contributed by atoms with Crippen molar-refractivity contribution in [2.75, 3.05) is 48.9 Å². The highest BCUT2D eigenvalue weighted by atomic mass is 32.2. The lowest BCUT2D eigenvalue weighted by molar-refractivity contribution is 0.125. The molecule has 1 aliphatic rings. The maximum absolute atomic E-state index is 14.2. The number of nitrogens with one attached hydrogen (secondary N) is 2. The minimum absolute atomic E-state index is 0.0514. The maximum atomic E-state index is 14.2. The number of hydrogen-bond donors (Lipinski definition) is 2. The second-order valence-corrected chi connectivity index (χ2v) is 10.3. The van der Waals surface area contributed by atoms with Crippen LogP contribution in [0.1, 0.15) is 0 Å². The van der Waals surface area contributed by atoms with Gasteiger partial charge in [0, 0.05) is 27.2 Å². The molecule has 11 heteroatoms. The van der Waals surface area contributed by atoms with Gasteiger partial charge in [-0.1, -0.05) is 60.3 Å². The fourth-order valence-corrected chi connectivity index (χ4v) is 5.40. The Hall–Kier alpha value is -5.16. The third kappa shape index (κ3) is 7.57. The van der Waals surface area contributed by atoms with Crippen molar-refractivity contribution in [3.63, 3.8) is 0 Å². The standard InChI is InChI=1S/C32H30N4O6S/c1-40-25-16-17-29-27(22-25)36(26-14-8-9-15-28(26)43-29)32(39)35(18-20-41-30(37)33-23-10-4-2-5-11-23)19-21-42-31(38)34-24-12-6-3-7-13-24/h2-17,22H,18-21H2,1H3,(H,33,37)(H,34,38). The van der Waals surface area contributed by atoms with Crippen LogP contribution in [0.15, 0.2) is 113 Å². The van der Waals surface area contributed by atoms with Gasteiger partial charge in [0.2, 0.25) is 0 Å². The number of carbonyl (C=O) groups is 3. The van der Waals surface area contributed by atoms with E-state index in [0.717, 1.165) is 9.79 Å². The minimum atomic E-state index is -0.646. The van der Waals surface area contributed by atoms with Crippen molar-refractivity contribution < 1.29 is 28.6 Å². The highest BCUT2D eigenvalue weighted by Gasteiger charge is 2.32. The van der Waals surface area contributed by atoms with Gasteiger partial charge in [-0.25, -0.2) is 14.4 Å². The summed E-state index contributed by atoms with van der Waals surface area (Å²) in [5, 5.41) is 5.32. The zero-order chi connectivity index (χ0) is 30.0. The summed E-state index contributed by atoms with van der Waals surface area (Å²) in [4.78, 5) is 43.9. The summed E-state index contributed by atoms with van der Waals surface area (Å²) in [7, 11) is 1.57. The van der Waals surface area contributed by atoms with E-state index in [2.05, 4.69) is 10.6 Å². The highest BCUT2D eigenvalue weighted by Crippen LogP contribution is 2.49. The lowest BCUT2D eigenvalue weighted by atomic mass is 10.2.